The molecule has 0 radical (unpaired) electrons. The second-order valence-corrected chi connectivity index (χ2v) is 6.90. The molecule has 4 rings (SSSR count). The van der Waals surface area contributed by atoms with E-state index < -0.39 is 0 Å². The Morgan fingerprint density at radius 2 is 1.45 bits per heavy atom. The number of benzene rings is 1. The molecular formula is C18H26N2. The summed E-state index contributed by atoms with van der Waals surface area (Å²) in [6.45, 7) is 5.01. The summed E-state index contributed by atoms with van der Waals surface area (Å²) in [5.74, 6) is 0. The van der Waals surface area contributed by atoms with Crippen molar-refractivity contribution in [3.05, 3.63) is 35.4 Å². The van der Waals surface area contributed by atoms with Crippen molar-refractivity contribution in [2.24, 2.45) is 0 Å². The molecule has 0 aromatic heterocycles. The van der Waals surface area contributed by atoms with Gasteiger partial charge in [-0.05, 0) is 30.4 Å². The fourth-order valence-corrected chi connectivity index (χ4v) is 4.46. The maximum atomic E-state index is 2.80. The molecule has 0 bridgehead atoms. The lowest BCUT2D eigenvalue weighted by Gasteiger charge is -2.32. The van der Waals surface area contributed by atoms with Crippen LogP contribution in [0.3, 0.4) is 0 Å². The van der Waals surface area contributed by atoms with E-state index in [4.69, 9.17) is 0 Å². The highest BCUT2D eigenvalue weighted by molar-refractivity contribution is 5.30. The summed E-state index contributed by atoms with van der Waals surface area (Å²) >= 11 is 0. The summed E-state index contributed by atoms with van der Waals surface area (Å²) in [6.07, 6.45) is 8.67. The van der Waals surface area contributed by atoms with Crippen LogP contribution >= 0.6 is 0 Å². The van der Waals surface area contributed by atoms with Crippen molar-refractivity contribution in [3.63, 3.8) is 0 Å². The summed E-state index contributed by atoms with van der Waals surface area (Å²) in [6, 6.07) is 10.7. The first-order valence-electron chi connectivity index (χ1n) is 8.45. The maximum Gasteiger partial charge on any atom is 0.0244 e. The quantitative estimate of drug-likeness (QED) is 0.812. The first-order valence-corrected chi connectivity index (χ1v) is 8.45. The lowest BCUT2D eigenvalue weighted by Crippen LogP contribution is -2.38. The van der Waals surface area contributed by atoms with E-state index in [0.717, 1.165) is 12.1 Å². The van der Waals surface area contributed by atoms with Crippen molar-refractivity contribution in [2.45, 2.75) is 63.7 Å². The Morgan fingerprint density at radius 3 is 2.15 bits per heavy atom. The van der Waals surface area contributed by atoms with Gasteiger partial charge >= 0.3 is 0 Å². The van der Waals surface area contributed by atoms with E-state index in [1.54, 1.807) is 11.1 Å². The lowest BCUT2D eigenvalue weighted by molar-refractivity contribution is 0.155. The second kappa shape index (κ2) is 5.50. The maximum absolute atomic E-state index is 2.80. The normalized spacial score (nSPS) is 28.9. The zero-order valence-electron chi connectivity index (χ0n) is 12.4. The Balaban J connectivity index is 1.37. The summed E-state index contributed by atoms with van der Waals surface area (Å²) in [5.41, 5.74) is 3.12. The second-order valence-electron chi connectivity index (χ2n) is 6.90. The van der Waals surface area contributed by atoms with Gasteiger partial charge in [-0.3, -0.25) is 9.80 Å². The molecule has 1 aromatic carbocycles. The lowest BCUT2D eigenvalue weighted by atomic mass is 9.94. The summed E-state index contributed by atoms with van der Waals surface area (Å²) in [5, 5.41) is 0. The van der Waals surface area contributed by atoms with Gasteiger partial charge in [-0.25, -0.2) is 0 Å². The smallest absolute Gasteiger partial charge is 0.0244 e. The predicted octanol–water partition coefficient (Wildman–Crippen LogP) is 3.41. The Labute approximate surface area is 122 Å². The van der Waals surface area contributed by atoms with Crippen LogP contribution in [-0.4, -0.2) is 35.0 Å². The number of rotatable bonds is 2. The first-order chi connectivity index (χ1) is 9.90. The minimum atomic E-state index is 0.796. The summed E-state index contributed by atoms with van der Waals surface area (Å²) in [4.78, 5) is 5.51. The van der Waals surface area contributed by atoms with Crippen LogP contribution in [0, 0.1) is 0 Å². The fourth-order valence-electron chi connectivity index (χ4n) is 4.46. The SMILES string of the molecule is c1ccc2c(c1)CN(C1CCN(C3CCCCC3)C1)C2. The number of fused-ring (bicyclic) bond motifs is 1. The largest absolute Gasteiger partial charge is 0.299 e. The summed E-state index contributed by atoms with van der Waals surface area (Å²) in [7, 11) is 0. The molecule has 2 nitrogen and oxygen atoms in total. The molecule has 1 saturated carbocycles. The average Bonchev–Trinajstić information content (AvgIpc) is 3.14. The zero-order valence-corrected chi connectivity index (χ0v) is 12.4. The van der Waals surface area contributed by atoms with Gasteiger partial charge in [0.1, 0.15) is 0 Å². The molecule has 1 aromatic rings. The highest BCUT2D eigenvalue weighted by atomic mass is 15.3. The van der Waals surface area contributed by atoms with Crippen molar-refractivity contribution >= 4 is 0 Å². The number of hydrogen-bond donors (Lipinski definition) is 0. The topological polar surface area (TPSA) is 6.48 Å². The minimum Gasteiger partial charge on any atom is -0.299 e. The van der Waals surface area contributed by atoms with Gasteiger partial charge in [0.15, 0.2) is 0 Å². The highest BCUT2D eigenvalue weighted by Crippen LogP contribution is 2.31. The Kier molecular flexibility index (Phi) is 3.53. The number of likely N-dealkylation sites (tertiary alicyclic amines) is 1. The average molecular weight is 270 g/mol. The standard InChI is InChI=1S/C18H26N2/c1-2-8-17(9-3-1)19-11-10-18(14-19)20-12-15-6-4-5-7-16(15)13-20/h4-7,17-18H,1-3,8-14H2. The molecule has 1 atom stereocenters. The van der Waals surface area contributed by atoms with E-state index in [1.165, 1.54) is 64.7 Å². The van der Waals surface area contributed by atoms with Gasteiger partial charge in [0, 0.05) is 38.3 Å². The van der Waals surface area contributed by atoms with E-state index in [2.05, 4.69) is 34.1 Å². The van der Waals surface area contributed by atoms with Crippen molar-refractivity contribution in [2.75, 3.05) is 13.1 Å². The monoisotopic (exact) mass is 270 g/mol. The van der Waals surface area contributed by atoms with E-state index in [1.807, 2.05) is 0 Å². The zero-order chi connectivity index (χ0) is 13.4. The molecule has 2 heterocycles. The summed E-state index contributed by atoms with van der Waals surface area (Å²) < 4.78 is 0. The fraction of sp³-hybridized carbons (Fsp3) is 0.667. The number of nitrogens with zero attached hydrogens (tertiary/aromatic N) is 2. The predicted molar refractivity (Wildman–Crippen MR) is 82.5 cm³/mol. The van der Waals surface area contributed by atoms with Crippen LogP contribution < -0.4 is 0 Å². The van der Waals surface area contributed by atoms with Crippen LogP contribution in [0.2, 0.25) is 0 Å². The molecule has 108 valence electrons. The molecule has 0 amide bonds. The molecule has 0 N–H and O–H groups in total. The van der Waals surface area contributed by atoms with Crippen molar-refractivity contribution in [1.82, 2.24) is 9.80 Å². The van der Waals surface area contributed by atoms with Gasteiger partial charge in [0.25, 0.3) is 0 Å². The van der Waals surface area contributed by atoms with Gasteiger partial charge in [0.05, 0.1) is 0 Å². The van der Waals surface area contributed by atoms with Crippen LogP contribution in [0.5, 0.6) is 0 Å². The van der Waals surface area contributed by atoms with Gasteiger partial charge in [-0.2, -0.15) is 0 Å². The first kappa shape index (κ1) is 12.8. The molecule has 1 unspecified atom stereocenters. The molecule has 0 spiro atoms. The Morgan fingerprint density at radius 1 is 0.750 bits per heavy atom. The Bertz CT molecular complexity index is 439. The van der Waals surface area contributed by atoms with Crippen LogP contribution in [0.4, 0.5) is 0 Å². The third kappa shape index (κ3) is 2.40. The van der Waals surface area contributed by atoms with Crippen LogP contribution in [0.15, 0.2) is 24.3 Å². The Hall–Kier alpha value is -0.860. The van der Waals surface area contributed by atoms with Crippen LogP contribution in [0.25, 0.3) is 0 Å². The van der Waals surface area contributed by atoms with Gasteiger partial charge in [-0.15, -0.1) is 0 Å². The molecular weight excluding hydrogens is 244 g/mol. The molecule has 20 heavy (non-hydrogen) atoms. The number of hydrogen-bond acceptors (Lipinski definition) is 2. The van der Waals surface area contributed by atoms with Crippen LogP contribution in [0.1, 0.15) is 49.7 Å². The third-order valence-corrected chi connectivity index (χ3v) is 5.67. The van der Waals surface area contributed by atoms with E-state index in [9.17, 15) is 0 Å². The third-order valence-electron chi connectivity index (χ3n) is 5.67. The molecule has 1 saturated heterocycles. The van der Waals surface area contributed by atoms with Gasteiger partial charge in [-0.1, -0.05) is 43.5 Å². The molecule has 1 aliphatic carbocycles. The van der Waals surface area contributed by atoms with Crippen LogP contribution in [-0.2, 0) is 13.1 Å². The molecule has 2 heteroatoms. The molecule has 2 fully saturated rings. The van der Waals surface area contributed by atoms with E-state index in [-0.39, 0.29) is 0 Å². The highest BCUT2D eigenvalue weighted by Gasteiger charge is 2.34. The van der Waals surface area contributed by atoms with E-state index >= 15 is 0 Å². The van der Waals surface area contributed by atoms with Crippen molar-refractivity contribution < 1.29 is 0 Å². The molecule has 3 aliphatic rings. The van der Waals surface area contributed by atoms with Crippen molar-refractivity contribution in [1.29, 1.82) is 0 Å². The minimum absolute atomic E-state index is 0.796. The van der Waals surface area contributed by atoms with E-state index in [0.29, 0.717) is 0 Å². The van der Waals surface area contributed by atoms with Gasteiger partial charge < -0.3 is 0 Å². The van der Waals surface area contributed by atoms with Crippen molar-refractivity contribution in [3.8, 4) is 0 Å². The van der Waals surface area contributed by atoms with Gasteiger partial charge in [0.2, 0.25) is 0 Å². The molecule has 2 aliphatic heterocycles.